The van der Waals surface area contributed by atoms with Gasteiger partial charge in [-0.1, -0.05) is 18.2 Å². The second-order valence-electron chi connectivity index (χ2n) is 5.85. The average Bonchev–Trinajstić information content (AvgIpc) is 2.51. The van der Waals surface area contributed by atoms with Crippen molar-refractivity contribution in [2.24, 2.45) is 0 Å². The Balaban J connectivity index is 2.35. The first kappa shape index (κ1) is 14.4. The zero-order chi connectivity index (χ0) is 14.0. The molecule has 1 aromatic rings. The Hall–Kier alpha value is -1.06. The summed E-state index contributed by atoms with van der Waals surface area (Å²) in [6.07, 6.45) is 1.14. The van der Waals surface area contributed by atoms with Gasteiger partial charge < -0.3 is 14.9 Å². The molecule has 1 aliphatic heterocycles. The van der Waals surface area contributed by atoms with Crippen LogP contribution in [0.4, 0.5) is 5.69 Å². The van der Waals surface area contributed by atoms with E-state index in [1.807, 2.05) is 0 Å². The van der Waals surface area contributed by atoms with Crippen molar-refractivity contribution in [1.82, 2.24) is 4.90 Å². The van der Waals surface area contributed by atoms with Crippen LogP contribution in [0.1, 0.15) is 24.5 Å². The molecular formula is C16H26N2O. The van der Waals surface area contributed by atoms with E-state index >= 15 is 0 Å². The smallest absolute Gasteiger partial charge is 0.0648 e. The van der Waals surface area contributed by atoms with Gasteiger partial charge in [0.05, 0.1) is 12.6 Å². The fourth-order valence-corrected chi connectivity index (χ4v) is 3.05. The first-order chi connectivity index (χ1) is 9.04. The van der Waals surface area contributed by atoms with Crippen molar-refractivity contribution in [3.8, 4) is 0 Å². The summed E-state index contributed by atoms with van der Waals surface area (Å²) in [5, 5.41) is 9.77. The first-order valence-electron chi connectivity index (χ1n) is 7.18. The number of hydrogen-bond acceptors (Lipinski definition) is 3. The van der Waals surface area contributed by atoms with E-state index in [9.17, 15) is 5.11 Å². The molecular weight excluding hydrogens is 236 g/mol. The molecule has 1 aromatic carbocycles. The molecule has 0 aliphatic carbocycles. The molecule has 0 radical (unpaired) electrons. The number of benzene rings is 1. The third-order valence-corrected chi connectivity index (χ3v) is 4.42. The van der Waals surface area contributed by atoms with Gasteiger partial charge >= 0.3 is 0 Å². The van der Waals surface area contributed by atoms with Crippen LogP contribution < -0.4 is 4.90 Å². The van der Waals surface area contributed by atoms with Crippen LogP contribution in [0.5, 0.6) is 0 Å². The van der Waals surface area contributed by atoms with Crippen LogP contribution >= 0.6 is 0 Å². The molecule has 2 rings (SSSR count). The van der Waals surface area contributed by atoms with Gasteiger partial charge in [-0.25, -0.2) is 0 Å². The number of likely N-dealkylation sites (N-methyl/N-ethyl adjacent to an activating group) is 1. The molecule has 2 unspecified atom stereocenters. The standard InChI is InChI=1S/C16H26N2O/c1-12-6-5-7-13(2)16(12)18-9-8-14(3)17(4)10-15(18)11-19/h5-7,14-15,19H,8-11H2,1-4H3. The molecule has 0 spiro atoms. The van der Waals surface area contributed by atoms with Gasteiger partial charge in [0.25, 0.3) is 0 Å². The Labute approximate surface area is 116 Å². The van der Waals surface area contributed by atoms with Crippen LogP contribution in [0.15, 0.2) is 18.2 Å². The fourth-order valence-electron chi connectivity index (χ4n) is 3.05. The predicted octanol–water partition coefficient (Wildman–Crippen LogP) is 2.19. The lowest BCUT2D eigenvalue weighted by Crippen LogP contribution is -2.44. The molecule has 1 saturated heterocycles. The van der Waals surface area contributed by atoms with Crippen molar-refractivity contribution >= 4 is 5.69 Å². The number of aliphatic hydroxyl groups excluding tert-OH is 1. The van der Waals surface area contributed by atoms with Crippen LogP contribution in [0.3, 0.4) is 0 Å². The molecule has 0 saturated carbocycles. The number of anilines is 1. The van der Waals surface area contributed by atoms with Crippen molar-refractivity contribution < 1.29 is 5.11 Å². The Morgan fingerprint density at radius 2 is 1.89 bits per heavy atom. The van der Waals surface area contributed by atoms with E-state index in [-0.39, 0.29) is 12.6 Å². The number of aliphatic hydroxyl groups is 1. The van der Waals surface area contributed by atoms with Crippen LogP contribution in [-0.2, 0) is 0 Å². The Kier molecular flexibility index (Phi) is 4.48. The SMILES string of the molecule is Cc1cccc(C)c1N1CCC(C)N(C)CC1CO. The van der Waals surface area contributed by atoms with Gasteiger partial charge in [0.2, 0.25) is 0 Å². The third-order valence-electron chi connectivity index (χ3n) is 4.42. The third kappa shape index (κ3) is 2.93. The van der Waals surface area contributed by atoms with Gasteiger partial charge in [-0.2, -0.15) is 0 Å². The monoisotopic (exact) mass is 262 g/mol. The lowest BCUT2D eigenvalue weighted by Gasteiger charge is -2.34. The van der Waals surface area contributed by atoms with Crippen molar-refractivity contribution in [2.45, 2.75) is 39.3 Å². The van der Waals surface area contributed by atoms with Gasteiger partial charge in [0.15, 0.2) is 0 Å². The van der Waals surface area contributed by atoms with E-state index in [1.165, 1.54) is 16.8 Å². The fraction of sp³-hybridized carbons (Fsp3) is 0.625. The molecule has 3 heteroatoms. The molecule has 1 N–H and O–H groups in total. The van der Waals surface area contributed by atoms with Gasteiger partial charge in [-0.3, -0.25) is 0 Å². The van der Waals surface area contributed by atoms with Crippen molar-refractivity contribution in [2.75, 3.05) is 31.6 Å². The zero-order valence-corrected chi connectivity index (χ0v) is 12.6. The van der Waals surface area contributed by atoms with Crippen LogP contribution in [0, 0.1) is 13.8 Å². The van der Waals surface area contributed by atoms with Crippen molar-refractivity contribution in [1.29, 1.82) is 0 Å². The number of aryl methyl sites for hydroxylation is 2. The van der Waals surface area contributed by atoms with E-state index in [0.29, 0.717) is 6.04 Å². The second kappa shape index (κ2) is 5.93. The van der Waals surface area contributed by atoms with Gasteiger partial charge in [0, 0.05) is 24.8 Å². The topological polar surface area (TPSA) is 26.7 Å². The van der Waals surface area contributed by atoms with E-state index in [2.05, 4.69) is 55.8 Å². The van der Waals surface area contributed by atoms with E-state index < -0.39 is 0 Å². The summed E-state index contributed by atoms with van der Waals surface area (Å²) in [5.74, 6) is 0. The summed E-state index contributed by atoms with van der Waals surface area (Å²) >= 11 is 0. The summed E-state index contributed by atoms with van der Waals surface area (Å²) in [7, 11) is 2.15. The van der Waals surface area contributed by atoms with Crippen LogP contribution in [-0.4, -0.2) is 48.8 Å². The first-order valence-corrected chi connectivity index (χ1v) is 7.18. The molecule has 0 aromatic heterocycles. The Bertz CT molecular complexity index is 413. The van der Waals surface area contributed by atoms with E-state index in [0.717, 1.165) is 19.5 Å². The van der Waals surface area contributed by atoms with E-state index in [4.69, 9.17) is 0 Å². The average molecular weight is 262 g/mol. The molecule has 3 nitrogen and oxygen atoms in total. The highest BCUT2D eigenvalue weighted by molar-refractivity contribution is 5.59. The summed E-state index contributed by atoms with van der Waals surface area (Å²) in [6, 6.07) is 7.19. The quantitative estimate of drug-likeness (QED) is 0.885. The molecule has 2 atom stereocenters. The van der Waals surface area contributed by atoms with Crippen LogP contribution in [0.2, 0.25) is 0 Å². The molecule has 1 aliphatic rings. The molecule has 0 amide bonds. The number of hydrogen-bond donors (Lipinski definition) is 1. The summed E-state index contributed by atoms with van der Waals surface area (Å²) in [4.78, 5) is 4.76. The Morgan fingerprint density at radius 3 is 2.47 bits per heavy atom. The van der Waals surface area contributed by atoms with E-state index in [1.54, 1.807) is 0 Å². The number of rotatable bonds is 2. The normalized spacial score (nSPS) is 25.4. The molecule has 0 bridgehead atoms. The van der Waals surface area contributed by atoms with Gasteiger partial charge in [-0.05, 0) is 45.4 Å². The lowest BCUT2D eigenvalue weighted by molar-refractivity contribution is 0.206. The molecule has 19 heavy (non-hydrogen) atoms. The van der Waals surface area contributed by atoms with Crippen molar-refractivity contribution in [3.05, 3.63) is 29.3 Å². The number of nitrogens with zero attached hydrogens (tertiary/aromatic N) is 2. The highest BCUT2D eigenvalue weighted by atomic mass is 16.3. The summed E-state index contributed by atoms with van der Waals surface area (Å²) < 4.78 is 0. The minimum absolute atomic E-state index is 0.190. The van der Waals surface area contributed by atoms with Gasteiger partial charge in [-0.15, -0.1) is 0 Å². The molecule has 1 fully saturated rings. The maximum Gasteiger partial charge on any atom is 0.0648 e. The maximum absolute atomic E-state index is 9.77. The minimum atomic E-state index is 0.190. The highest BCUT2D eigenvalue weighted by Crippen LogP contribution is 2.28. The molecule has 1 heterocycles. The summed E-state index contributed by atoms with van der Waals surface area (Å²) in [6.45, 7) is 8.74. The zero-order valence-electron chi connectivity index (χ0n) is 12.6. The Morgan fingerprint density at radius 1 is 1.26 bits per heavy atom. The highest BCUT2D eigenvalue weighted by Gasteiger charge is 2.27. The minimum Gasteiger partial charge on any atom is -0.394 e. The predicted molar refractivity (Wildman–Crippen MR) is 80.8 cm³/mol. The second-order valence-corrected chi connectivity index (χ2v) is 5.85. The van der Waals surface area contributed by atoms with Gasteiger partial charge in [0.1, 0.15) is 0 Å². The molecule has 106 valence electrons. The van der Waals surface area contributed by atoms with Crippen LogP contribution in [0.25, 0.3) is 0 Å². The largest absolute Gasteiger partial charge is 0.394 e. The van der Waals surface area contributed by atoms with Crippen molar-refractivity contribution in [3.63, 3.8) is 0 Å². The maximum atomic E-state index is 9.77. The lowest BCUT2D eigenvalue weighted by atomic mass is 10.1. The number of para-hydroxylation sites is 1. The summed E-state index contributed by atoms with van der Waals surface area (Å²) in [5.41, 5.74) is 3.91.